The third-order valence-electron chi connectivity index (χ3n) is 2.80. The van der Waals surface area contributed by atoms with E-state index >= 15 is 0 Å². The van der Waals surface area contributed by atoms with Gasteiger partial charge in [0.25, 0.3) is 0 Å². The molecule has 0 aliphatic rings. The molecule has 6 heteroatoms. The van der Waals surface area contributed by atoms with Crippen molar-refractivity contribution in [3.63, 3.8) is 0 Å². The molecule has 0 saturated heterocycles. The van der Waals surface area contributed by atoms with Crippen LogP contribution in [-0.2, 0) is 0 Å². The number of nitrogen functional groups attached to an aromatic ring is 1. The number of hydrogen-bond acceptors (Lipinski definition) is 5. The Balaban J connectivity index is 1.92. The Kier molecular flexibility index (Phi) is 2.64. The van der Waals surface area contributed by atoms with Crippen LogP contribution in [0, 0.1) is 0 Å². The highest BCUT2D eigenvalue weighted by atomic mass is 32.1. The number of fused-ring (bicyclic) bond motifs is 1. The normalized spacial score (nSPS) is 12.7. The zero-order valence-electron chi connectivity index (χ0n) is 9.84. The molecule has 0 amide bonds. The van der Waals surface area contributed by atoms with Gasteiger partial charge in [0.1, 0.15) is 5.01 Å². The fourth-order valence-electron chi connectivity index (χ4n) is 1.88. The number of aromatic amines is 1. The molecule has 0 aliphatic carbocycles. The molecule has 92 valence electrons. The second kappa shape index (κ2) is 4.30. The van der Waals surface area contributed by atoms with Gasteiger partial charge in [0, 0.05) is 17.0 Å². The SMILES string of the molecule is CC(Nc1cc2[nH]ncc2cc1N)c1nccs1. The number of nitrogens with one attached hydrogen (secondary N) is 2. The summed E-state index contributed by atoms with van der Waals surface area (Å²) in [5.41, 5.74) is 8.61. The topological polar surface area (TPSA) is 79.6 Å². The maximum Gasteiger partial charge on any atom is 0.115 e. The van der Waals surface area contributed by atoms with E-state index in [4.69, 9.17) is 5.73 Å². The van der Waals surface area contributed by atoms with Gasteiger partial charge < -0.3 is 11.1 Å². The van der Waals surface area contributed by atoms with Crippen molar-refractivity contribution in [2.45, 2.75) is 13.0 Å². The lowest BCUT2D eigenvalue weighted by molar-refractivity contribution is 0.871. The van der Waals surface area contributed by atoms with Crippen molar-refractivity contribution in [1.29, 1.82) is 0 Å². The molecule has 1 aromatic carbocycles. The van der Waals surface area contributed by atoms with Crippen LogP contribution in [0.2, 0.25) is 0 Å². The quantitative estimate of drug-likeness (QED) is 0.632. The molecule has 0 fully saturated rings. The van der Waals surface area contributed by atoms with E-state index in [0.717, 1.165) is 21.6 Å². The van der Waals surface area contributed by atoms with Gasteiger partial charge in [-0.3, -0.25) is 5.10 Å². The highest BCUT2D eigenvalue weighted by Gasteiger charge is 2.10. The zero-order valence-corrected chi connectivity index (χ0v) is 10.7. The average Bonchev–Trinajstić information content (AvgIpc) is 2.98. The van der Waals surface area contributed by atoms with Crippen molar-refractivity contribution < 1.29 is 0 Å². The van der Waals surface area contributed by atoms with Gasteiger partial charge in [0.2, 0.25) is 0 Å². The molecule has 0 radical (unpaired) electrons. The summed E-state index contributed by atoms with van der Waals surface area (Å²) < 4.78 is 0. The second-order valence-electron chi connectivity index (χ2n) is 4.13. The summed E-state index contributed by atoms with van der Waals surface area (Å²) in [6.07, 6.45) is 3.57. The van der Waals surface area contributed by atoms with Crippen LogP contribution in [0.5, 0.6) is 0 Å². The third kappa shape index (κ3) is 1.91. The molecule has 0 spiro atoms. The van der Waals surface area contributed by atoms with Crippen LogP contribution in [0.1, 0.15) is 18.0 Å². The van der Waals surface area contributed by atoms with Gasteiger partial charge in [0.05, 0.1) is 29.1 Å². The predicted octanol–water partition coefficient (Wildman–Crippen LogP) is 2.77. The van der Waals surface area contributed by atoms with Crippen molar-refractivity contribution >= 4 is 33.6 Å². The fraction of sp³-hybridized carbons (Fsp3) is 0.167. The summed E-state index contributed by atoms with van der Waals surface area (Å²) in [7, 11) is 0. The largest absolute Gasteiger partial charge is 0.397 e. The predicted molar refractivity (Wildman–Crippen MR) is 74.7 cm³/mol. The number of H-pyrrole nitrogens is 1. The maximum atomic E-state index is 6.03. The van der Waals surface area contributed by atoms with Gasteiger partial charge in [0.15, 0.2) is 0 Å². The van der Waals surface area contributed by atoms with Crippen molar-refractivity contribution in [2.24, 2.45) is 0 Å². The third-order valence-corrected chi connectivity index (χ3v) is 3.76. The fourth-order valence-corrected chi connectivity index (χ4v) is 2.52. The van der Waals surface area contributed by atoms with Crippen LogP contribution in [0.4, 0.5) is 11.4 Å². The lowest BCUT2D eigenvalue weighted by Gasteiger charge is -2.14. The first-order chi connectivity index (χ1) is 8.74. The summed E-state index contributed by atoms with van der Waals surface area (Å²) in [5.74, 6) is 0. The van der Waals surface area contributed by atoms with Crippen LogP contribution in [0.25, 0.3) is 10.9 Å². The zero-order chi connectivity index (χ0) is 12.5. The molecule has 5 nitrogen and oxygen atoms in total. The molecule has 0 bridgehead atoms. The number of benzene rings is 1. The minimum atomic E-state index is 0.132. The monoisotopic (exact) mass is 259 g/mol. The number of nitrogens with zero attached hydrogens (tertiary/aromatic N) is 2. The van der Waals surface area contributed by atoms with Crippen molar-refractivity contribution in [1.82, 2.24) is 15.2 Å². The van der Waals surface area contributed by atoms with Gasteiger partial charge in [-0.2, -0.15) is 5.10 Å². The van der Waals surface area contributed by atoms with Crippen LogP contribution in [0.15, 0.2) is 29.9 Å². The Hall–Kier alpha value is -2.08. The number of rotatable bonds is 3. The first-order valence-electron chi connectivity index (χ1n) is 5.62. The highest BCUT2D eigenvalue weighted by Crippen LogP contribution is 2.28. The Morgan fingerprint density at radius 2 is 2.33 bits per heavy atom. The molecule has 2 heterocycles. The van der Waals surface area contributed by atoms with Crippen molar-refractivity contribution in [3.8, 4) is 0 Å². The summed E-state index contributed by atoms with van der Waals surface area (Å²) in [6.45, 7) is 2.06. The van der Waals surface area contributed by atoms with E-state index in [1.807, 2.05) is 17.5 Å². The van der Waals surface area contributed by atoms with Gasteiger partial charge in [-0.25, -0.2) is 4.98 Å². The van der Waals surface area contributed by atoms with Gasteiger partial charge in [-0.1, -0.05) is 0 Å². The Labute approximate surface area is 108 Å². The van der Waals surface area contributed by atoms with Gasteiger partial charge >= 0.3 is 0 Å². The van der Waals surface area contributed by atoms with E-state index in [2.05, 4.69) is 27.4 Å². The van der Waals surface area contributed by atoms with Crippen LogP contribution in [0.3, 0.4) is 0 Å². The number of hydrogen-bond donors (Lipinski definition) is 3. The molecule has 2 aromatic heterocycles. The molecule has 3 aromatic rings. The van der Waals surface area contributed by atoms with E-state index < -0.39 is 0 Å². The average molecular weight is 259 g/mol. The highest BCUT2D eigenvalue weighted by molar-refractivity contribution is 7.09. The van der Waals surface area contributed by atoms with Crippen LogP contribution in [-0.4, -0.2) is 15.2 Å². The molecular weight excluding hydrogens is 246 g/mol. The lowest BCUT2D eigenvalue weighted by Crippen LogP contribution is -2.08. The number of thiazole rings is 1. The summed E-state index contributed by atoms with van der Waals surface area (Å²) in [4.78, 5) is 4.29. The van der Waals surface area contributed by atoms with Crippen molar-refractivity contribution in [3.05, 3.63) is 34.9 Å². The van der Waals surface area contributed by atoms with E-state index in [-0.39, 0.29) is 6.04 Å². The van der Waals surface area contributed by atoms with E-state index in [9.17, 15) is 0 Å². The summed E-state index contributed by atoms with van der Waals surface area (Å²) in [5, 5.41) is 14.3. The molecule has 3 rings (SSSR count). The molecular formula is C12H13N5S. The van der Waals surface area contributed by atoms with Crippen LogP contribution >= 0.6 is 11.3 Å². The molecule has 18 heavy (non-hydrogen) atoms. The Morgan fingerprint density at radius 3 is 3.11 bits per heavy atom. The van der Waals surface area contributed by atoms with E-state index in [1.54, 1.807) is 23.7 Å². The molecule has 0 saturated carbocycles. The number of aromatic nitrogens is 3. The second-order valence-corrected chi connectivity index (χ2v) is 5.06. The first-order valence-corrected chi connectivity index (χ1v) is 6.50. The Bertz CT molecular complexity index is 658. The Morgan fingerprint density at radius 1 is 1.44 bits per heavy atom. The first kappa shape index (κ1) is 11.0. The summed E-state index contributed by atoms with van der Waals surface area (Å²) in [6, 6.07) is 4.02. The lowest BCUT2D eigenvalue weighted by atomic mass is 10.2. The molecule has 1 unspecified atom stereocenters. The molecule has 0 aliphatic heterocycles. The minimum absolute atomic E-state index is 0.132. The van der Waals surface area contributed by atoms with Crippen molar-refractivity contribution in [2.75, 3.05) is 11.1 Å². The maximum absolute atomic E-state index is 6.03. The van der Waals surface area contributed by atoms with E-state index in [0.29, 0.717) is 5.69 Å². The smallest absolute Gasteiger partial charge is 0.115 e. The standard InChI is InChI=1S/C12H13N5S/c1-7(12-14-2-3-18-12)16-11-5-10-8(4-9(11)13)6-15-17-10/h2-7,16H,13H2,1H3,(H,15,17). The van der Waals surface area contributed by atoms with Crippen LogP contribution < -0.4 is 11.1 Å². The number of anilines is 2. The van der Waals surface area contributed by atoms with E-state index in [1.165, 1.54) is 0 Å². The summed E-state index contributed by atoms with van der Waals surface area (Å²) >= 11 is 1.63. The van der Waals surface area contributed by atoms with Gasteiger partial charge in [-0.15, -0.1) is 11.3 Å². The minimum Gasteiger partial charge on any atom is -0.397 e. The van der Waals surface area contributed by atoms with Gasteiger partial charge in [-0.05, 0) is 19.1 Å². The molecule has 1 atom stereocenters. The molecule has 4 N–H and O–H groups in total. The number of nitrogens with two attached hydrogens (primary N) is 1.